The lowest BCUT2D eigenvalue weighted by Gasteiger charge is -2.13. The van der Waals surface area contributed by atoms with Crippen molar-refractivity contribution in [1.29, 1.82) is 0 Å². The van der Waals surface area contributed by atoms with E-state index in [-0.39, 0.29) is 21.2 Å². The van der Waals surface area contributed by atoms with Gasteiger partial charge in [-0.1, -0.05) is 60.1 Å². The van der Waals surface area contributed by atoms with Crippen LogP contribution in [0.2, 0.25) is 5.02 Å². The molecule has 1 aliphatic heterocycles. The summed E-state index contributed by atoms with van der Waals surface area (Å²) in [5.74, 6) is -0.919. The molecule has 0 radical (unpaired) electrons. The number of methoxy groups -OCH3 is 2. The molecular formula is C32H25ClN2O7S. The standard InChI is InChI=1S/C32H25ClN2O7S/c1-40-27-14-19(10-13-26(27)42-18-21-8-5-7-20-6-3-4-9-23(20)21)15-28-30(37)35(32(39)43-28)17-29(36)34-22-11-12-25(33)24(16-22)31(38)41-2/h3-16H,17-18H2,1-2H3,(H,34,36)/b28-15+. The van der Waals surface area contributed by atoms with Gasteiger partial charge in [0.2, 0.25) is 5.91 Å². The fourth-order valence-corrected chi connectivity index (χ4v) is 5.50. The van der Waals surface area contributed by atoms with E-state index in [1.807, 2.05) is 42.5 Å². The number of halogens is 1. The molecule has 1 fully saturated rings. The maximum Gasteiger partial charge on any atom is 0.339 e. The second-order valence-electron chi connectivity index (χ2n) is 9.34. The van der Waals surface area contributed by atoms with E-state index in [0.29, 0.717) is 23.7 Å². The maximum absolute atomic E-state index is 13.0. The summed E-state index contributed by atoms with van der Waals surface area (Å²) in [7, 11) is 2.73. The van der Waals surface area contributed by atoms with E-state index in [1.54, 1.807) is 24.3 Å². The highest BCUT2D eigenvalue weighted by atomic mass is 35.5. The molecule has 11 heteroatoms. The van der Waals surface area contributed by atoms with Gasteiger partial charge in [0, 0.05) is 5.69 Å². The van der Waals surface area contributed by atoms with Gasteiger partial charge in [-0.25, -0.2) is 4.79 Å². The Morgan fingerprint density at radius 2 is 1.74 bits per heavy atom. The predicted molar refractivity (Wildman–Crippen MR) is 165 cm³/mol. The minimum atomic E-state index is -0.668. The number of amides is 3. The third kappa shape index (κ3) is 6.66. The van der Waals surface area contributed by atoms with Crippen LogP contribution in [-0.4, -0.2) is 48.7 Å². The van der Waals surface area contributed by atoms with Crippen molar-refractivity contribution in [3.8, 4) is 11.5 Å². The van der Waals surface area contributed by atoms with Gasteiger partial charge in [0.05, 0.1) is 29.7 Å². The lowest BCUT2D eigenvalue weighted by atomic mass is 10.1. The molecule has 4 aromatic rings. The zero-order chi connectivity index (χ0) is 30.5. The summed E-state index contributed by atoms with van der Waals surface area (Å²) in [6, 6.07) is 23.6. The largest absolute Gasteiger partial charge is 0.493 e. The van der Waals surface area contributed by atoms with Crippen LogP contribution in [0.4, 0.5) is 10.5 Å². The van der Waals surface area contributed by atoms with Crippen LogP contribution in [0.15, 0.2) is 83.8 Å². The quantitative estimate of drug-likeness (QED) is 0.167. The van der Waals surface area contributed by atoms with Crippen LogP contribution in [0.5, 0.6) is 11.5 Å². The number of hydrogen-bond donors (Lipinski definition) is 1. The summed E-state index contributed by atoms with van der Waals surface area (Å²) < 4.78 is 16.3. The molecule has 9 nitrogen and oxygen atoms in total. The van der Waals surface area contributed by atoms with Gasteiger partial charge in [-0.3, -0.25) is 19.3 Å². The molecule has 0 bridgehead atoms. The number of carbonyl (C=O) groups is 4. The van der Waals surface area contributed by atoms with E-state index in [2.05, 4.69) is 10.1 Å². The van der Waals surface area contributed by atoms with Crippen LogP contribution in [0.25, 0.3) is 16.8 Å². The fourth-order valence-electron chi connectivity index (χ4n) is 4.47. The zero-order valence-corrected chi connectivity index (χ0v) is 24.7. The SMILES string of the molecule is COC(=O)c1cc(NC(=O)CN2C(=O)S/C(=C/c3ccc(OCc4cccc5ccccc45)c(OC)c3)C2=O)ccc1Cl. The van der Waals surface area contributed by atoms with Gasteiger partial charge in [0.25, 0.3) is 11.1 Å². The summed E-state index contributed by atoms with van der Waals surface area (Å²) in [5, 5.41) is 4.36. The van der Waals surface area contributed by atoms with Gasteiger partial charge in [-0.15, -0.1) is 0 Å². The van der Waals surface area contributed by atoms with Crippen LogP contribution < -0.4 is 14.8 Å². The first-order chi connectivity index (χ1) is 20.8. The van der Waals surface area contributed by atoms with E-state index < -0.39 is 29.6 Å². The number of hydrogen-bond acceptors (Lipinski definition) is 8. The molecule has 1 aliphatic rings. The average molecular weight is 617 g/mol. The molecule has 1 saturated heterocycles. The summed E-state index contributed by atoms with van der Waals surface area (Å²) in [4.78, 5) is 51.2. The number of esters is 1. The number of ether oxygens (including phenoxy) is 3. The molecule has 0 aliphatic carbocycles. The summed E-state index contributed by atoms with van der Waals surface area (Å²) in [6.45, 7) is -0.180. The van der Waals surface area contributed by atoms with Crippen molar-refractivity contribution < 1.29 is 33.4 Å². The van der Waals surface area contributed by atoms with Crippen molar-refractivity contribution in [3.05, 3.63) is 105 Å². The number of fused-ring (bicyclic) bond motifs is 1. The average Bonchev–Trinajstić information content (AvgIpc) is 3.27. The molecule has 0 atom stereocenters. The molecule has 43 heavy (non-hydrogen) atoms. The van der Waals surface area contributed by atoms with Crippen LogP contribution in [-0.2, 0) is 20.9 Å². The van der Waals surface area contributed by atoms with Crippen LogP contribution in [0, 0.1) is 0 Å². The first-order valence-corrected chi connectivity index (χ1v) is 14.2. The van der Waals surface area contributed by atoms with Gasteiger partial charge in [0.1, 0.15) is 13.2 Å². The Hall–Kier alpha value is -4.80. The van der Waals surface area contributed by atoms with Crippen LogP contribution in [0.1, 0.15) is 21.5 Å². The molecule has 0 aromatic heterocycles. The first-order valence-electron chi connectivity index (χ1n) is 13.0. The topological polar surface area (TPSA) is 111 Å². The number of benzene rings is 4. The van der Waals surface area contributed by atoms with Crippen molar-refractivity contribution in [2.45, 2.75) is 6.61 Å². The Labute approximate surface area is 256 Å². The van der Waals surface area contributed by atoms with E-state index >= 15 is 0 Å². The lowest BCUT2D eigenvalue weighted by molar-refractivity contribution is -0.127. The highest BCUT2D eigenvalue weighted by molar-refractivity contribution is 8.18. The van der Waals surface area contributed by atoms with E-state index in [0.717, 1.165) is 33.0 Å². The molecule has 218 valence electrons. The summed E-state index contributed by atoms with van der Waals surface area (Å²) in [5.41, 5.74) is 1.96. The van der Waals surface area contributed by atoms with Crippen LogP contribution >= 0.6 is 23.4 Å². The molecule has 1 N–H and O–H groups in total. The molecule has 1 heterocycles. The van der Waals surface area contributed by atoms with Crippen molar-refractivity contribution in [2.24, 2.45) is 0 Å². The van der Waals surface area contributed by atoms with Gasteiger partial charge in [-0.05, 0) is 70.1 Å². The Bertz CT molecular complexity index is 1780. The maximum atomic E-state index is 13.0. The second kappa shape index (κ2) is 13.0. The highest BCUT2D eigenvalue weighted by Crippen LogP contribution is 2.35. The third-order valence-corrected chi connectivity index (χ3v) is 7.82. The number of nitrogens with one attached hydrogen (secondary N) is 1. The minimum Gasteiger partial charge on any atom is -0.493 e. The van der Waals surface area contributed by atoms with Crippen molar-refractivity contribution in [2.75, 3.05) is 26.1 Å². The first kappa shape index (κ1) is 29.7. The Morgan fingerprint density at radius 1 is 0.953 bits per heavy atom. The molecular weight excluding hydrogens is 592 g/mol. The molecule has 3 amide bonds. The number of nitrogens with zero attached hydrogens (tertiary/aromatic N) is 1. The Morgan fingerprint density at radius 3 is 2.53 bits per heavy atom. The molecule has 5 rings (SSSR count). The van der Waals surface area contributed by atoms with Gasteiger partial charge in [0.15, 0.2) is 11.5 Å². The summed E-state index contributed by atoms with van der Waals surface area (Å²) in [6.07, 6.45) is 1.56. The highest BCUT2D eigenvalue weighted by Gasteiger charge is 2.36. The Kier molecular flexibility index (Phi) is 8.98. The lowest BCUT2D eigenvalue weighted by Crippen LogP contribution is -2.36. The fraction of sp³-hybridized carbons (Fsp3) is 0.125. The number of carbonyl (C=O) groups excluding carboxylic acids is 4. The number of anilines is 1. The monoisotopic (exact) mass is 616 g/mol. The summed E-state index contributed by atoms with van der Waals surface area (Å²) >= 11 is 6.75. The Balaban J connectivity index is 1.25. The van der Waals surface area contributed by atoms with Crippen molar-refractivity contribution >= 4 is 68.9 Å². The smallest absolute Gasteiger partial charge is 0.339 e. The van der Waals surface area contributed by atoms with Gasteiger partial charge >= 0.3 is 5.97 Å². The number of rotatable bonds is 9. The minimum absolute atomic E-state index is 0.0662. The zero-order valence-electron chi connectivity index (χ0n) is 23.1. The predicted octanol–water partition coefficient (Wildman–Crippen LogP) is 6.54. The van der Waals surface area contributed by atoms with Crippen LogP contribution in [0.3, 0.4) is 0 Å². The van der Waals surface area contributed by atoms with Gasteiger partial charge in [-0.2, -0.15) is 0 Å². The molecule has 0 unspecified atom stereocenters. The third-order valence-electron chi connectivity index (χ3n) is 6.58. The van der Waals surface area contributed by atoms with Crippen molar-refractivity contribution in [3.63, 3.8) is 0 Å². The molecule has 0 spiro atoms. The van der Waals surface area contributed by atoms with E-state index in [1.165, 1.54) is 32.4 Å². The number of imide groups is 1. The number of thioether (sulfide) groups is 1. The second-order valence-corrected chi connectivity index (χ2v) is 10.7. The van der Waals surface area contributed by atoms with E-state index in [9.17, 15) is 19.2 Å². The van der Waals surface area contributed by atoms with Crippen molar-refractivity contribution in [1.82, 2.24) is 4.90 Å². The molecule has 4 aromatic carbocycles. The van der Waals surface area contributed by atoms with Gasteiger partial charge < -0.3 is 19.5 Å². The van der Waals surface area contributed by atoms with E-state index in [4.69, 9.17) is 21.1 Å². The molecule has 0 saturated carbocycles. The normalized spacial score (nSPS) is 13.8.